The molecule has 1 aliphatic heterocycles. The van der Waals surface area contributed by atoms with E-state index in [1.54, 1.807) is 0 Å². The van der Waals surface area contributed by atoms with Crippen molar-refractivity contribution in [2.24, 2.45) is 0 Å². The fourth-order valence-corrected chi connectivity index (χ4v) is 2.74. The highest BCUT2D eigenvalue weighted by atomic mass is 16.5. The van der Waals surface area contributed by atoms with Gasteiger partial charge in [0, 0.05) is 29.9 Å². The summed E-state index contributed by atoms with van der Waals surface area (Å²) in [6.07, 6.45) is 3.75. The van der Waals surface area contributed by atoms with Crippen LogP contribution in [0.25, 0.3) is 0 Å². The standard InChI is InChI=1S/C16H18N2O/c1-2-18-16(12-6-5-9-17-10-12)14-11-19-15-8-4-3-7-13(14)15/h3-10,14,16,18H,2,11H2,1H3. The van der Waals surface area contributed by atoms with Gasteiger partial charge in [-0.15, -0.1) is 0 Å². The second-order valence-electron chi connectivity index (χ2n) is 4.78. The molecule has 2 atom stereocenters. The number of rotatable bonds is 4. The topological polar surface area (TPSA) is 34.2 Å². The maximum Gasteiger partial charge on any atom is 0.122 e. The summed E-state index contributed by atoms with van der Waals surface area (Å²) in [5.74, 6) is 1.36. The van der Waals surface area contributed by atoms with Crippen LogP contribution in [0.4, 0.5) is 0 Å². The Morgan fingerprint density at radius 1 is 1.32 bits per heavy atom. The molecular formula is C16H18N2O. The summed E-state index contributed by atoms with van der Waals surface area (Å²) in [5.41, 5.74) is 2.51. The summed E-state index contributed by atoms with van der Waals surface area (Å²) in [5, 5.41) is 3.56. The number of para-hydroxylation sites is 1. The van der Waals surface area contributed by atoms with E-state index < -0.39 is 0 Å². The van der Waals surface area contributed by atoms with E-state index in [1.807, 2.05) is 30.6 Å². The Balaban J connectivity index is 1.94. The molecule has 98 valence electrons. The molecule has 0 radical (unpaired) electrons. The van der Waals surface area contributed by atoms with Crippen molar-refractivity contribution in [2.75, 3.05) is 13.2 Å². The van der Waals surface area contributed by atoms with Gasteiger partial charge in [-0.1, -0.05) is 31.2 Å². The molecule has 1 aromatic heterocycles. The summed E-state index contributed by atoms with van der Waals surface area (Å²) in [4.78, 5) is 4.23. The van der Waals surface area contributed by atoms with Crippen LogP contribution in [-0.2, 0) is 0 Å². The SMILES string of the molecule is CCNC(c1cccnc1)C1COc2ccccc21. The normalized spacial score (nSPS) is 18.7. The van der Waals surface area contributed by atoms with E-state index in [9.17, 15) is 0 Å². The number of hydrogen-bond acceptors (Lipinski definition) is 3. The molecule has 2 unspecified atom stereocenters. The van der Waals surface area contributed by atoms with Gasteiger partial charge in [-0.2, -0.15) is 0 Å². The van der Waals surface area contributed by atoms with Gasteiger partial charge in [-0.05, 0) is 24.2 Å². The van der Waals surface area contributed by atoms with Crippen molar-refractivity contribution in [1.29, 1.82) is 0 Å². The zero-order valence-electron chi connectivity index (χ0n) is 11.0. The number of fused-ring (bicyclic) bond motifs is 1. The number of hydrogen-bond donors (Lipinski definition) is 1. The van der Waals surface area contributed by atoms with Crippen molar-refractivity contribution >= 4 is 0 Å². The zero-order valence-corrected chi connectivity index (χ0v) is 11.0. The van der Waals surface area contributed by atoms with E-state index in [1.165, 1.54) is 11.1 Å². The molecule has 3 rings (SSSR count). The molecule has 0 amide bonds. The Kier molecular flexibility index (Phi) is 3.47. The van der Waals surface area contributed by atoms with Gasteiger partial charge < -0.3 is 10.1 Å². The molecule has 2 aromatic rings. The number of nitrogens with one attached hydrogen (secondary N) is 1. The average Bonchev–Trinajstić information content (AvgIpc) is 2.89. The molecule has 1 aromatic carbocycles. The second-order valence-corrected chi connectivity index (χ2v) is 4.78. The summed E-state index contributed by atoms with van der Waals surface area (Å²) in [7, 11) is 0. The maximum atomic E-state index is 5.80. The third-order valence-corrected chi connectivity index (χ3v) is 3.61. The Labute approximate surface area is 113 Å². The van der Waals surface area contributed by atoms with E-state index in [-0.39, 0.29) is 6.04 Å². The van der Waals surface area contributed by atoms with Gasteiger partial charge in [-0.3, -0.25) is 4.98 Å². The molecule has 0 aliphatic carbocycles. The first kappa shape index (κ1) is 12.2. The van der Waals surface area contributed by atoms with Crippen LogP contribution in [-0.4, -0.2) is 18.1 Å². The van der Waals surface area contributed by atoms with Gasteiger partial charge >= 0.3 is 0 Å². The van der Waals surface area contributed by atoms with E-state index >= 15 is 0 Å². The fourth-order valence-electron chi connectivity index (χ4n) is 2.74. The molecule has 0 saturated heterocycles. The van der Waals surface area contributed by atoms with Gasteiger partial charge in [0.2, 0.25) is 0 Å². The highest BCUT2D eigenvalue weighted by molar-refractivity contribution is 5.41. The lowest BCUT2D eigenvalue weighted by atomic mass is 9.89. The summed E-state index contributed by atoms with van der Waals surface area (Å²) in [6, 6.07) is 12.7. The van der Waals surface area contributed by atoms with Crippen LogP contribution in [0, 0.1) is 0 Å². The minimum absolute atomic E-state index is 0.252. The van der Waals surface area contributed by atoms with Gasteiger partial charge in [-0.25, -0.2) is 0 Å². The maximum absolute atomic E-state index is 5.80. The second kappa shape index (κ2) is 5.41. The number of benzene rings is 1. The predicted molar refractivity (Wildman–Crippen MR) is 75.3 cm³/mol. The van der Waals surface area contributed by atoms with Crippen LogP contribution < -0.4 is 10.1 Å². The van der Waals surface area contributed by atoms with Crippen LogP contribution >= 0.6 is 0 Å². The minimum Gasteiger partial charge on any atom is -0.493 e. The largest absolute Gasteiger partial charge is 0.493 e. The van der Waals surface area contributed by atoms with Gasteiger partial charge in [0.15, 0.2) is 0 Å². The molecule has 1 N–H and O–H groups in total. The number of nitrogens with zero attached hydrogens (tertiary/aromatic N) is 1. The summed E-state index contributed by atoms with van der Waals surface area (Å²) in [6.45, 7) is 3.79. The van der Waals surface area contributed by atoms with Crippen LogP contribution in [0.15, 0.2) is 48.8 Å². The van der Waals surface area contributed by atoms with Crippen LogP contribution in [0.1, 0.15) is 30.0 Å². The van der Waals surface area contributed by atoms with Crippen molar-refractivity contribution < 1.29 is 4.74 Å². The van der Waals surface area contributed by atoms with Crippen molar-refractivity contribution in [2.45, 2.75) is 18.9 Å². The van der Waals surface area contributed by atoms with Crippen LogP contribution in [0.5, 0.6) is 5.75 Å². The first-order valence-electron chi connectivity index (χ1n) is 6.75. The molecule has 3 nitrogen and oxygen atoms in total. The van der Waals surface area contributed by atoms with Crippen LogP contribution in [0.2, 0.25) is 0 Å². The smallest absolute Gasteiger partial charge is 0.122 e. The third kappa shape index (κ3) is 2.34. The molecule has 0 spiro atoms. The Morgan fingerprint density at radius 2 is 2.21 bits per heavy atom. The van der Waals surface area contributed by atoms with Crippen molar-refractivity contribution in [3.05, 3.63) is 59.9 Å². The monoisotopic (exact) mass is 254 g/mol. The number of ether oxygens (including phenoxy) is 1. The number of likely N-dealkylation sites (N-methyl/N-ethyl adjacent to an activating group) is 1. The highest BCUT2D eigenvalue weighted by Gasteiger charge is 2.31. The molecule has 0 saturated carbocycles. The molecule has 3 heteroatoms. The van der Waals surface area contributed by atoms with E-state index in [4.69, 9.17) is 4.74 Å². The molecule has 0 fully saturated rings. The van der Waals surface area contributed by atoms with Crippen molar-refractivity contribution in [3.8, 4) is 5.75 Å². The van der Waals surface area contributed by atoms with E-state index in [0.29, 0.717) is 5.92 Å². The van der Waals surface area contributed by atoms with Crippen molar-refractivity contribution in [1.82, 2.24) is 10.3 Å². The Morgan fingerprint density at radius 3 is 3.00 bits per heavy atom. The number of pyridine rings is 1. The first-order chi connectivity index (χ1) is 9.40. The molecular weight excluding hydrogens is 236 g/mol. The molecule has 0 bridgehead atoms. The lowest BCUT2D eigenvalue weighted by Crippen LogP contribution is -2.28. The van der Waals surface area contributed by atoms with E-state index in [2.05, 4.69) is 35.4 Å². The lowest BCUT2D eigenvalue weighted by molar-refractivity contribution is 0.300. The van der Waals surface area contributed by atoms with Crippen LogP contribution in [0.3, 0.4) is 0 Å². The predicted octanol–water partition coefficient (Wildman–Crippen LogP) is 2.91. The lowest BCUT2D eigenvalue weighted by Gasteiger charge is -2.23. The van der Waals surface area contributed by atoms with Gasteiger partial charge in [0.1, 0.15) is 5.75 Å². The minimum atomic E-state index is 0.252. The number of aromatic nitrogens is 1. The summed E-state index contributed by atoms with van der Waals surface area (Å²) < 4.78 is 5.80. The fraction of sp³-hybridized carbons (Fsp3) is 0.312. The molecule has 1 aliphatic rings. The zero-order chi connectivity index (χ0) is 13.1. The van der Waals surface area contributed by atoms with Crippen molar-refractivity contribution in [3.63, 3.8) is 0 Å². The quantitative estimate of drug-likeness (QED) is 0.911. The third-order valence-electron chi connectivity index (χ3n) is 3.61. The molecule has 19 heavy (non-hydrogen) atoms. The first-order valence-corrected chi connectivity index (χ1v) is 6.75. The average molecular weight is 254 g/mol. The van der Waals surface area contributed by atoms with E-state index in [0.717, 1.165) is 18.9 Å². The highest BCUT2D eigenvalue weighted by Crippen LogP contribution is 2.40. The Bertz CT molecular complexity index is 541. The van der Waals surface area contributed by atoms with Gasteiger partial charge in [0.25, 0.3) is 0 Å². The summed E-state index contributed by atoms with van der Waals surface area (Å²) >= 11 is 0. The molecule has 2 heterocycles. The van der Waals surface area contributed by atoms with Gasteiger partial charge in [0.05, 0.1) is 6.61 Å². The Hall–Kier alpha value is -1.87.